The molecule has 0 bridgehead atoms. The van der Waals surface area contributed by atoms with Crippen LogP contribution in [0.1, 0.15) is 17.2 Å². The van der Waals surface area contributed by atoms with Gasteiger partial charge in [-0.15, -0.1) is 0 Å². The lowest BCUT2D eigenvalue weighted by Crippen LogP contribution is -2.16. The quantitative estimate of drug-likeness (QED) is 0.898. The van der Waals surface area contributed by atoms with E-state index in [9.17, 15) is 4.39 Å². The predicted octanol–water partition coefficient (Wildman–Crippen LogP) is 2.51. The second kappa shape index (κ2) is 6.29. The summed E-state index contributed by atoms with van der Waals surface area (Å²) >= 11 is 0. The van der Waals surface area contributed by atoms with Crippen LogP contribution in [-0.2, 0) is 6.42 Å². The Balaban J connectivity index is 2.29. The predicted molar refractivity (Wildman–Crippen MR) is 72.7 cm³/mol. The van der Waals surface area contributed by atoms with Crippen molar-refractivity contribution in [2.24, 2.45) is 5.73 Å². The van der Waals surface area contributed by atoms with Crippen LogP contribution in [0.25, 0.3) is 0 Å². The summed E-state index contributed by atoms with van der Waals surface area (Å²) in [6.07, 6.45) is 2.41. The van der Waals surface area contributed by atoms with E-state index in [-0.39, 0.29) is 11.7 Å². The molecule has 0 saturated carbocycles. The Kier molecular flexibility index (Phi) is 4.47. The zero-order valence-corrected chi connectivity index (χ0v) is 10.8. The number of ether oxygens (including phenoxy) is 1. The van der Waals surface area contributed by atoms with Crippen LogP contribution >= 0.6 is 0 Å². The molecule has 0 saturated heterocycles. The molecule has 1 aromatic carbocycles. The zero-order chi connectivity index (χ0) is 13.7. The van der Waals surface area contributed by atoms with Crippen LogP contribution in [0.4, 0.5) is 4.39 Å². The average Bonchev–Trinajstić information content (AvgIpc) is 2.46. The molecule has 0 spiro atoms. The van der Waals surface area contributed by atoms with Crippen LogP contribution < -0.4 is 10.5 Å². The molecule has 4 heteroatoms. The van der Waals surface area contributed by atoms with Crippen molar-refractivity contribution in [3.63, 3.8) is 0 Å². The highest BCUT2D eigenvalue weighted by molar-refractivity contribution is 5.37. The van der Waals surface area contributed by atoms with Crippen molar-refractivity contribution in [2.75, 3.05) is 13.7 Å². The fourth-order valence-corrected chi connectivity index (χ4v) is 2.12. The van der Waals surface area contributed by atoms with Gasteiger partial charge in [-0.1, -0.05) is 6.07 Å². The van der Waals surface area contributed by atoms with Crippen molar-refractivity contribution in [2.45, 2.75) is 12.3 Å². The molecule has 0 radical (unpaired) electrons. The highest BCUT2D eigenvalue weighted by atomic mass is 19.1. The molecule has 1 heterocycles. The summed E-state index contributed by atoms with van der Waals surface area (Å²) in [6.45, 7) is 0.413. The van der Waals surface area contributed by atoms with Gasteiger partial charge in [-0.05, 0) is 43.3 Å². The van der Waals surface area contributed by atoms with Crippen molar-refractivity contribution in [3.05, 3.63) is 59.7 Å². The second-order valence-corrected chi connectivity index (χ2v) is 4.34. The highest BCUT2D eigenvalue weighted by Gasteiger charge is 2.16. The van der Waals surface area contributed by atoms with Crippen LogP contribution in [0.3, 0.4) is 0 Å². The Morgan fingerprint density at radius 2 is 2.16 bits per heavy atom. The molecule has 3 nitrogen and oxygen atoms in total. The van der Waals surface area contributed by atoms with Gasteiger partial charge in [-0.3, -0.25) is 4.98 Å². The molecular formula is C15H17FN2O. The van der Waals surface area contributed by atoms with Crippen molar-refractivity contribution >= 4 is 0 Å². The molecule has 2 rings (SSSR count). The van der Waals surface area contributed by atoms with Gasteiger partial charge < -0.3 is 10.5 Å². The Hall–Kier alpha value is -1.94. The topological polar surface area (TPSA) is 48.1 Å². The number of rotatable bonds is 5. The molecular weight excluding hydrogens is 243 g/mol. The van der Waals surface area contributed by atoms with E-state index in [1.807, 2.05) is 18.2 Å². The number of hydrogen-bond donors (Lipinski definition) is 1. The van der Waals surface area contributed by atoms with Crippen molar-refractivity contribution in [1.82, 2.24) is 4.98 Å². The second-order valence-electron chi connectivity index (χ2n) is 4.34. The first-order valence-corrected chi connectivity index (χ1v) is 6.18. The van der Waals surface area contributed by atoms with Gasteiger partial charge in [0.1, 0.15) is 11.6 Å². The number of aromatic nitrogens is 1. The minimum atomic E-state index is -0.282. The van der Waals surface area contributed by atoms with Gasteiger partial charge in [0.15, 0.2) is 0 Å². The molecule has 0 amide bonds. The van der Waals surface area contributed by atoms with E-state index in [1.165, 1.54) is 12.1 Å². The molecule has 1 unspecified atom stereocenters. The number of nitrogens with two attached hydrogens (primary N) is 1. The van der Waals surface area contributed by atoms with Crippen LogP contribution in [0.2, 0.25) is 0 Å². The normalized spacial score (nSPS) is 12.2. The molecule has 0 aliphatic carbocycles. The van der Waals surface area contributed by atoms with Gasteiger partial charge in [0, 0.05) is 23.4 Å². The van der Waals surface area contributed by atoms with E-state index in [4.69, 9.17) is 10.5 Å². The van der Waals surface area contributed by atoms with Crippen LogP contribution in [-0.4, -0.2) is 18.6 Å². The van der Waals surface area contributed by atoms with E-state index in [2.05, 4.69) is 4.98 Å². The first-order chi connectivity index (χ1) is 9.24. The van der Waals surface area contributed by atoms with Crippen LogP contribution in [0.15, 0.2) is 42.6 Å². The monoisotopic (exact) mass is 260 g/mol. The molecule has 1 aromatic heterocycles. The van der Waals surface area contributed by atoms with E-state index in [0.29, 0.717) is 18.7 Å². The maximum atomic E-state index is 13.4. The van der Waals surface area contributed by atoms with Crippen molar-refractivity contribution < 1.29 is 9.13 Å². The number of halogens is 1. The van der Waals surface area contributed by atoms with E-state index in [1.54, 1.807) is 19.4 Å². The summed E-state index contributed by atoms with van der Waals surface area (Å²) < 4.78 is 18.7. The maximum absolute atomic E-state index is 13.4. The molecule has 100 valence electrons. The Morgan fingerprint density at radius 3 is 2.79 bits per heavy atom. The lowest BCUT2D eigenvalue weighted by atomic mass is 9.93. The number of hydrogen-bond acceptors (Lipinski definition) is 3. The molecule has 1 atom stereocenters. The first-order valence-electron chi connectivity index (χ1n) is 6.18. The number of pyridine rings is 1. The van der Waals surface area contributed by atoms with Crippen molar-refractivity contribution in [3.8, 4) is 5.75 Å². The highest BCUT2D eigenvalue weighted by Crippen LogP contribution is 2.29. The number of methoxy groups -OCH3 is 1. The molecule has 2 N–H and O–H groups in total. The molecule has 19 heavy (non-hydrogen) atoms. The summed E-state index contributed by atoms with van der Waals surface area (Å²) in [5.41, 5.74) is 7.54. The minimum Gasteiger partial charge on any atom is -0.496 e. The fourth-order valence-electron chi connectivity index (χ4n) is 2.12. The van der Waals surface area contributed by atoms with Crippen LogP contribution in [0, 0.1) is 5.82 Å². The lowest BCUT2D eigenvalue weighted by Gasteiger charge is -2.18. The maximum Gasteiger partial charge on any atom is 0.123 e. The third-order valence-electron chi connectivity index (χ3n) is 3.10. The third kappa shape index (κ3) is 3.29. The Morgan fingerprint density at radius 1 is 1.32 bits per heavy atom. The smallest absolute Gasteiger partial charge is 0.123 e. The number of benzene rings is 1. The number of nitrogens with zero attached hydrogens (tertiary/aromatic N) is 1. The summed E-state index contributed by atoms with van der Waals surface area (Å²) in [5, 5.41) is 0. The van der Waals surface area contributed by atoms with Gasteiger partial charge >= 0.3 is 0 Å². The van der Waals surface area contributed by atoms with Crippen molar-refractivity contribution in [1.29, 1.82) is 0 Å². The molecule has 0 aliphatic heterocycles. The van der Waals surface area contributed by atoms with Gasteiger partial charge in [0.05, 0.1) is 7.11 Å². The summed E-state index contributed by atoms with van der Waals surface area (Å²) in [5.74, 6) is 0.364. The SMILES string of the molecule is COc1ccc(F)cc1C(CN)Cc1ccccn1. The standard InChI is InChI=1S/C15H17FN2O/c1-19-15-6-5-12(16)9-14(15)11(10-17)8-13-4-2-3-7-18-13/h2-7,9,11H,8,10,17H2,1H3. The minimum absolute atomic E-state index is 0.0134. The summed E-state index contributed by atoms with van der Waals surface area (Å²) in [6, 6.07) is 10.2. The van der Waals surface area contributed by atoms with Gasteiger partial charge in [-0.25, -0.2) is 4.39 Å². The van der Waals surface area contributed by atoms with Crippen LogP contribution in [0.5, 0.6) is 5.75 Å². The van der Waals surface area contributed by atoms with E-state index in [0.717, 1.165) is 11.3 Å². The Labute approximate surface area is 112 Å². The van der Waals surface area contributed by atoms with Gasteiger partial charge in [0.2, 0.25) is 0 Å². The third-order valence-corrected chi connectivity index (χ3v) is 3.10. The first kappa shape index (κ1) is 13.5. The lowest BCUT2D eigenvalue weighted by molar-refractivity contribution is 0.403. The summed E-state index contributed by atoms with van der Waals surface area (Å²) in [7, 11) is 1.57. The molecule has 0 fully saturated rings. The van der Waals surface area contributed by atoms with E-state index < -0.39 is 0 Å². The Bertz CT molecular complexity index is 531. The largest absolute Gasteiger partial charge is 0.496 e. The molecule has 0 aliphatic rings. The van der Waals surface area contributed by atoms with Gasteiger partial charge in [0.25, 0.3) is 0 Å². The molecule has 2 aromatic rings. The van der Waals surface area contributed by atoms with Gasteiger partial charge in [-0.2, -0.15) is 0 Å². The fraction of sp³-hybridized carbons (Fsp3) is 0.267. The average molecular weight is 260 g/mol. The van der Waals surface area contributed by atoms with E-state index >= 15 is 0 Å². The zero-order valence-electron chi connectivity index (χ0n) is 10.8. The summed E-state index contributed by atoms with van der Waals surface area (Å²) in [4.78, 5) is 4.28.